The summed E-state index contributed by atoms with van der Waals surface area (Å²) in [6.07, 6.45) is 12.7. The van der Waals surface area contributed by atoms with Crippen molar-refractivity contribution in [2.45, 2.75) is 46.0 Å². The maximum absolute atomic E-state index is 5.50. The zero-order valence-corrected chi connectivity index (χ0v) is 11.2. The number of unbranched alkanes of at least 4 members (excludes halogenated alkanes) is 3. The Balaban J connectivity index is 4.27. The topological polar surface area (TPSA) is 29.3 Å². The van der Waals surface area contributed by atoms with Gasteiger partial charge in [-0.2, -0.15) is 0 Å². The maximum Gasteiger partial charge on any atom is 0.0320 e. The first-order valence-corrected chi connectivity index (χ1v) is 6.54. The van der Waals surface area contributed by atoms with Crippen LogP contribution in [0.25, 0.3) is 0 Å². The third kappa shape index (κ3) is 7.52. The highest BCUT2D eigenvalue weighted by atomic mass is 15.1. The van der Waals surface area contributed by atoms with Crippen molar-refractivity contribution in [3.63, 3.8) is 0 Å². The summed E-state index contributed by atoms with van der Waals surface area (Å²) < 4.78 is 0. The molecule has 0 aromatic heterocycles. The van der Waals surface area contributed by atoms with Crippen LogP contribution >= 0.6 is 0 Å². The minimum absolute atomic E-state index is 0.618. The number of likely N-dealkylation sites (N-methyl/N-ethyl adjacent to an activating group) is 1. The van der Waals surface area contributed by atoms with Gasteiger partial charge in [0.15, 0.2) is 0 Å². The molecule has 0 atom stereocenters. The normalized spacial score (nSPS) is 12.4. The lowest BCUT2D eigenvalue weighted by molar-refractivity contribution is 0.416. The lowest BCUT2D eigenvalue weighted by Crippen LogP contribution is -2.18. The second-order valence-corrected chi connectivity index (χ2v) is 4.18. The first-order valence-electron chi connectivity index (χ1n) is 6.54. The van der Waals surface area contributed by atoms with Crippen molar-refractivity contribution in [3.8, 4) is 0 Å². The van der Waals surface area contributed by atoms with Gasteiger partial charge in [0.05, 0.1) is 0 Å². The van der Waals surface area contributed by atoms with Crippen LogP contribution in [0.4, 0.5) is 0 Å². The molecule has 2 heteroatoms. The summed E-state index contributed by atoms with van der Waals surface area (Å²) in [5, 5.41) is 0. The van der Waals surface area contributed by atoms with E-state index in [2.05, 4.69) is 37.9 Å². The molecule has 0 saturated heterocycles. The number of nitrogens with zero attached hydrogens (tertiary/aromatic N) is 1. The molecule has 2 N–H and O–H groups in total. The molecule has 0 heterocycles. The first-order chi connectivity index (χ1) is 7.76. The van der Waals surface area contributed by atoms with E-state index in [9.17, 15) is 0 Å². The summed E-state index contributed by atoms with van der Waals surface area (Å²) in [4.78, 5) is 2.32. The van der Waals surface area contributed by atoms with Gasteiger partial charge in [0, 0.05) is 25.8 Å². The van der Waals surface area contributed by atoms with Gasteiger partial charge in [0.2, 0.25) is 0 Å². The number of rotatable bonds is 9. The smallest absolute Gasteiger partial charge is 0.0320 e. The van der Waals surface area contributed by atoms with E-state index in [-0.39, 0.29) is 0 Å². The van der Waals surface area contributed by atoms with Crippen LogP contribution in [0.1, 0.15) is 46.0 Å². The Bertz CT molecular complexity index is 207. The van der Waals surface area contributed by atoms with Gasteiger partial charge >= 0.3 is 0 Å². The Hall–Kier alpha value is -0.760. The average Bonchev–Trinajstić information content (AvgIpc) is 2.30. The van der Waals surface area contributed by atoms with Crippen LogP contribution in [-0.4, -0.2) is 25.0 Å². The molecule has 0 unspecified atom stereocenters. The highest BCUT2D eigenvalue weighted by Crippen LogP contribution is 2.08. The second-order valence-electron chi connectivity index (χ2n) is 4.18. The third-order valence-electron chi connectivity index (χ3n) is 2.62. The van der Waals surface area contributed by atoms with E-state index >= 15 is 0 Å². The Labute approximate surface area is 101 Å². The van der Waals surface area contributed by atoms with Crippen molar-refractivity contribution in [3.05, 3.63) is 23.9 Å². The van der Waals surface area contributed by atoms with Gasteiger partial charge in [-0.05, 0) is 18.9 Å². The van der Waals surface area contributed by atoms with Crippen molar-refractivity contribution in [2.24, 2.45) is 5.73 Å². The van der Waals surface area contributed by atoms with Crippen molar-refractivity contribution >= 4 is 0 Å². The third-order valence-corrected chi connectivity index (χ3v) is 2.62. The summed E-state index contributed by atoms with van der Waals surface area (Å²) in [7, 11) is 2.16. The van der Waals surface area contributed by atoms with Crippen LogP contribution in [0.2, 0.25) is 0 Å². The first kappa shape index (κ1) is 15.2. The molecule has 0 spiro atoms. The second kappa shape index (κ2) is 10.7. The van der Waals surface area contributed by atoms with E-state index in [0.29, 0.717) is 6.54 Å². The molecule has 0 fully saturated rings. The van der Waals surface area contributed by atoms with Crippen LogP contribution in [-0.2, 0) is 0 Å². The number of nitrogens with two attached hydrogens (primary N) is 1. The van der Waals surface area contributed by atoms with E-state index in [1.807, 2.05) is 6.08 Å². The summed E-state index contributed by atoms with van der Waals surface area (Å²) in [6.45, 7) is 6.20. The summed E-state index contributed by atoms with van der Waals surface area (Å²) >= 11 is 0. The lowest BCUT2D eigenvalue weighted by atomic mass is 10.2. The Morgan fingerprint density at radius 3 is 2.44 bits per heavy atom. The van der Waals surface area contributed by atoms with Crippen LogP contribution in [0.15, 0.2) is 23.9 Å². The van der Waals surface area contributed by atoms with Gasteiger partial charge in [-0.3, -0.25) is 0 Å². The van der Waals surface area contributed by atoms with Gasteiger partial charge in [0.25, 0.3) is 0 Å². The quantitative estimate of drug-likeness (QED) is 0.481. The highest BCUT2D eigenvalue weighted by Gasteiger charge is 1.99. The molecular formula is C14H28N2. The molecule has 0 aliphatic heterocycles. The summed E-state index contributed by atoms with van der Waals surface area (Å²) in [5.41, 5.74) is 6.81. The van der Waals surface area contributed by atoms with Crippen LogP contribution < -0.4 is 5.73 Å². The highest BCUT2D eigenvalue weighted by molar-refractivity contribution is 5.17. The SMILES string of the molecule is CCCC/C=C(\C=C/CN)N(C)CCCC. The Morgan fingerprint density at radius 1 is 1.19 bits per heavy atom. The van der Waals surface area contributed by atoms with Gasteiger partial charge in [-0.15, -0.1) is 0 Å². The number of hydrogen-bond donors (Lipinski definition) is 1. The minimum Gasteiger partial charge on any atom is -0.375 e. The fourth-order valence-electron chi connectivity index (χ4n) is 1.52. The van der Waals surface area contributed by atoms with Gasteiger partial charge in [-0.25, -0.2) is 0 Å². The van der Waals surface area contributed by atoms with Gasteiger partial charge in [-0.1, -0.05) is 45.3 Å². The number of allylic oxidation sites excluding steroid dienone is 2. The minimum atomic E-state index is 0.618. The zero-order chi connectivity index (χ0) is 12.2. The molecule has 0 radical (unpaired) electrons. The fourth-order valence-corrected chi connectivity index (χ4v) is 1.52. The fraction of sp³-hybridized carbons (Fsp3) is 0.714. The van der Waals surface area contributed by atoms with Crippen LogP contribution in [0, 0.1) is 0 Å². The van der Waals surface area contributed by atoms with Gasteiger partial charge < -0.3 is 10.6 Å². The van der Waals surface area contributed by atoms with Crippen LogP contribution in [0.5, 0.6) is 0 Å². The monoisotopic (exact) mass is 224 g/mol. The summed E-state index contributed by atoms with van der Waals surface area (Å²) in [5.74, 6) is 0. The molecule has 0 aliphatic rings. The van der Waals surface area contributed by atoms with Crippen molar-refractivity contribution in [1.82, 2.24) is 4.90 Å². The van der Waals surface area contributed by atoms with E-state index < -0.39 is 0 Å². The largest absolute Gasteiger partial charge is 0.375 e. The molecule has 0 aromatic rings. The molecule has 0 aromatic carbocycles. The van der Waals surface area contributed by atoms with E-state index in [0.717, 1.165) is 13.0 Å². The standard InChI is InChI=1S/C14H28N2/c1-4-6-8-10-14(11-9-12-15)16(3)13-7-5-2/h9-11H,4-8,12-13,15H2,1-3H3/b11-9-,14-10+. The molecule has 94 valence electrons. The predicted octanol–water partition coefficient (Wildman–Crippen LogP) is 3.31. The van der Waals surface area contributed by atoms with Crippen molar-refractivity contribution < 1.29 is 0 Å². The maximum atomic E-state index is 5.50. The molecule has 0 saturated carbocycles. The van der Waals surface area contributed by atoms with Crippen molar-refractivity contribution in [2.75, 3.05) is 20.1 Å². The molecule has 16 heavy (non-hydrogen) atoms. The van der Waals surface area contributed by atoms with Crippen molar-refractivity contribution in [1.29, 1.82) is 0 Å². The van der Waals surface area contributed by atoms with E-state index in [1.165, 1.54) is 31.4 Å². The Morgan fingerprint density at radius 2 is 1.88 bits per heavy atom. The van der Waals surface area contributed by atoms with E-state index in [1.54, 1.807) is 0 Å². The molecule has 0 bridgehead atoms. The molecule has 2 nitrogen and oxygen atoms in total. The van der Waals surface area contributed by atoms with Crippen LogP contribution in [0.3, 0.4) is 0 Å². The zero-order valence-electron chi connectivity index (χ0n) is 11.2. The Kier molecular flexibility index (Phi) is 10.2. The number of hydrogen-bond acceptors (Lipinski definition) is 2. The molecular weight excluding hydrogens is 196 g/mol. The van der Waals surface area contributed by atoms with Gasteiger partial charge in [0.1, 0.15) is 0 Å². The van der Waals surface area contributed by atoms with E-state index in [4.69, 9.17) is 5.73 Å². The summed E-state index contributed by atoms with van der Waals surface area (Å²) in [6, 6.07) is 0. The molecule has 0 amide bonds. The predicted molar refractivity (Wildman–Crippen MR) is 73.3 cm³/mol. The lowest BCUT2D eigenvalue weighted by Gasteiger charge is -2.20. The molecule has 0 aliphatic carbocycles. The molecule has 0 rings (SSSR count). The average molecular weight is 224 g/mol.